The quantitative estimate of drug-likeness (QED) is 0.562. The van der Waals surface area contributed by atoms with E-state index in [1.54, 1.807) is 26.0 Å². The van der Waals surface area contributed by atoms with Crippen LogP contribution in [-0.4, -0.2) is 79.4 Å². The first-order valence-electron chi connectivity index (χ1n) is 10.7. The summed E-state index contributed by atoms with van der Waals surface area (Å²) in [6, 6.07) is 10.3. The number of fused-ring (bicyclic) bond motifs is 2. The molecule has 2 aromatic rings. The molecule has 1 saturated heterocycles. The molecule has 0 unspecified atom stereocenters. The Morgan fingerprint density at radius 3 is 2.20 bits per heavy atom. The van der Waals surface area contributed by atoms with Crippen LogP contribution in [0.25, 0.3) is 11.8 Å². The van der Waals surface area contributed by atoms with Gasteiger partial charge in [-0.1, -0.05) is 29.4 Å². The number of methoxy groups -OCH3 is 2. The first-order valence-corrected chi connectivity index (χ1v) is 11.9. The van der Waals surface area contributed by atoms with E-state index in [0.717, 1.165) is 42.4 Å². The van der Waals surface area contributed by atoms with Crippen LogP contribution in [0, 0.1) is 0 Å². The fourth-order valence-corrected chi connectivity index (χ4v) is 4.96. The first kappa shape index (κ1) is 26.5. The maximum Gasteiger partial charge on any atom is 0.328 e. The molecule has 186 valence electrons. The third-order valence-corrected chi connectivity index (χ3v) is 6.90. The lowest BCUT2D eigenvalue weighted by Crippen LogP contribution is -2.43. The Morgan fingerprint density at radius 1 is 0.971 bits per heavy atom. The van der Waals surface area contributed by atoms with E-state index in [1.807, 2.05) is 18.2 Å². The van der Waals surface area contributed by atoms with Gasteiger partial charge >= 0.3 is 11.9 Å². The van der Waals surface area contributed by atoms with Crippen molar-refractivity contribution in [3.8, 4) is 11.5 Å². The van der Waals surface area contributed by atoms with Gasteiger partial charge in [0.15, 0.2) is 0 Å². The third-order valence-electron chi connectivity index (χ3n) is 5.48. The highest BCUT2D eigenvalue weighted by molar-refractivity contribution is 7.99. The van der Waals surface area contributed by atoms with Crippen molar-refractivity contribution in [2.45, 2.75) is 9.79 Å². The monoisotopic (exact) mass is 518 g/mol. The summed E-state index contributed by atoms with van der Waals surface area (Å²) in [7, 11) is 5.53. The van der Waals surface area contributed by atoms with Crippen LogP contribution in [0.2, 0.25) is 5.02 Å². The Hall–Kier alpha value is -3.14. The van der Waals surface area contributed by atoms with Gasteiger partial charge in [0.2, 0.25) is 0 Å². The molecule has 0 bridgehead atoms. The minimum absolute atomic E-state index is 0.558. The smallest absolute Gasteiger partial charge is 0.328 e. The van der Waals surface area contributed by atoms with Crippen LogP contribution in [0.5, 0.6) is 11.5 Å². The Labute approximate surface area is 213 Å². The van der Waals surface area contributed by atoms with Gasteiger partial charge in [0.1, 0.15) is 11.5 Å². The van der Waals surface area contributed by atoms with Gasteiger partial charge in [-0.2, -0.15) is 0 Å². The molecule has 1 fully saturated rings. The number of benzene rings is 2. The lowest BCUT2D eigenvalue weighted by atomic mass is 10.1. The number of hydrogen-bond acceptors (Lipinski definition) is 7. The molecule has 35 heavy (non-hydrogen) atoms. The van der Waals surface area contributed by atoms with Crippen molar-refractivity contribution < 1.29 is 29.3 Å². The number of likely N-dealkylation sites (N-methyl/N-ethyl adjacent to an activating group) is 1. The van der Waals surface area contributed by atoms with E-state index in [2.05, 4.69) is 35.1 Å². The summed E-state index contributed by atoms with van der Waals surface area (Å²) in [5.74, 6) is -0.952. The zero-order valence-corrected chi connectivity index (χ0v) is 21.2. The average Bonchev–Trinajstić information content (AvgIpc) is 2.99. The highest BCUT2D eigenvalue weighted by Gasteiger charge is 2.24. The highest BCUT2D eigenvalue weighted by Crippen LogP contribution is 2.46. The van der Waals surface area contributed by atoms with Crippen LogP contribution >= 0.6 is 23.4 Å². The number of ether oxygens (including phenoxy) is 2. The summed E-state index contributed by atoms with van der Waals surface area (Å²) in [6.07, 6.45) is 3.40. The molecule has 0 atom stereocenters. The molecule has 0 aliphatic carbocycles. The molecule has 0 spiro atoms. The fourth-order valence-electron chi connectivity index (χ4n) is 3.62. The van der Waals surface area contributed by atoms with E-state index in [9.17, 15) is 9.59 Å². The molecule has 2 aromatic carbocycles. The molecule has 2 heterocycles. The van der Waals surface area contributed by atoms with Crippen molar-refractivity contribution in [3.63, 3.8) is 0 Å². The van der Waals surface area contributed by atoms with Crippen molar-refractivity contribution >= 4 is 47.1 Å². The topological polar surface area (TPSA) is 99.5 Å². The van der Waals surface area contributed by atoms with E-state index in [4.69, 9.17) is 31.3 Å². The molecular formula is C25H27ClN2O6S. The van der Waals surface area contributed by atoms with E-state index in [-0.39, 0.29) is 0 Å². The molecule has 0 radical (unpaired) electrons. The molecule has 0 aromatic heterocycles. The molecular weight excluding hydrogens is 492 g/mol. The number of piperazine rings is 1. The molecule has 4 rings (SSSR count). The van der Waals surface area contributed by atoms with Gasteiger partial charge in [-0.05, 0) is 43.0 Å². The summed E-state index contributed by atoms with van der Waals surface area (Å²) >= 11 is 8.22. The number of halogens is 1. The average molecular weight is 519 g/mol. The Balaban J connectivity index is 0.000000371. The van der Waals surface area contributed by atoms with Gasteiger partial charge in [-0.3, -0.25) is 0 Å². The van der Waals surface area contributed by atoms with Crippen LogP contribution in [0.1, 0.15) is 11.1 Å². The van der Waals surface area contributed by atoms with Crippen LogP contribution in [0.4, 0.5) is 0 Å². The summed E-state index contributed by atoms with van der Waals surface area (Å²) in [6.45, 7) is 4.11. The Morgan fingerprint density at radius 2 is 1.63 bits per heavy atom. The zero-order valence-electron chi connectivity index (χ0n) is 19.7. The van der Waals surface area contributed by atoms with Gasteiger partial charge in [0, 0.05) is 59.4 Å². The van der Waals surface area contributed by atoms with Crippen molar-refractivity contribution in [3.05, 3.63) is 58.6 Å². The zero-order chi connectivity index (χ0) is 25.5. The first-order chi connectivity index (χ1) is 16.7. The molecule has 2 N–H and O–H groups in total. The van der Waals surface area contributed by atoms with E-state index in [0.29, 0.717) is 22.9 Å². The summed E-state index contributed by atoms with van der Waals surface area (Å²) in [5.41, 5.74) is 3.57. The van der Waals surface area contributed by atoms with E-state index >= 15 is 0 Å². The van der Waals surface area contributed by atoms with Gasteiger partial charge in [-0.25, -0.2) is 9.59 Å². The van der Waals surface area contributed by atoms with Crippen molar-refractivity contribution in [2.75, 3.05) is 47.4 Å². The lowest BCUT2D eigenvalue weighted by molar-refractivity contribution is -0.134. The Kier molecular flexibility index (Phi) is 9.08. The van der Waals surface area contributed by atoms with Crippen molar-refractivity contribution in [1.82, 2.24) is 9.80 Å². The Bertz CT molecular complexity index is 1140. The molecule has 8 nitrogen and oxygen atoms in total. The third kappa shape index (κ3) is 6.94. The molecule has 0 amide bonds. The van der Waals surface area contributed by atoms with Gasteiger partial charge in [0.25, 0.3) is 0 Å². The van der Waals surface area contributed by atoms with Crippen LogP contribution in [-0.2, 0) is 9.59 Å². The fraction of sp³-hybridized carbons (Fsp3) is 0.280. The van der Waals surface area contributed by atoms with Crippen molar-refractivity contribution in [1.29, 1.82) is 0 Å². The van der Waals surface area contributed by atoms with E-state index < -0.39 is 11.9 Å². The number of rotatable bonds is 5. The number of aliphatic carboxylic acids is 2. The van der Waals surface area contributed by atoms with Crippen LogP contribution in [0.3, 0.4) is 0 Å². The van der Waals surface area contributed by atoms with Gasteiger partial charge < -0.3 is 29.5 Å². The lowest BCUT2D eigenvalue weighted by Gasteiger charge is -2.36. The molecule has 2 aliphatic heterocycles. The number of hydrogen-bond donors (Lipinski definition) is 2. The standard InChI is InChI=1S/C21H23ClN2O2S.C4H4O4/c1-23-6-8-24(9-7-23)18-10-14-4-5-15(25-2)11-20(14)27-21-13-19(26-3)17(22)12-16(18)21;5-3(6)1-2-4(7)8/h4-5,10-13H,6-9H2,1-3H3;1-2H,(H,5,6)(H,7,8)/b;2-1-. The highest BCUT2D eigenvalue weighted by atomic mass is 35.5. The second-order valence-electron chi connectivity index (χ2n) is 7.82. The number of carboxylic acids is 2. The van der Waals surface area contributed by atoms with Crippen LogP contribution < -0.4 is 9.47 Å². The maximum atomic E-state index is 9.55. The minimum Gasteiger partial charge on any atom is -0.497 e. The normalized spacial score (nSPS) is 15.2. The van der Waals surface area contributed by atoms with Crippen molar-refractivity contribution in [2.24, 2.45) is 0 Å². The molecule has 10 heteroatoms. The number of carboxylic acid groups (broad SMARTS) is 2. The number of carbonyl (C=O) groups is 2. The maximum absolute atomic E-state index is 9.55. The van der Waals surface area contributed by atoms with Crippen LogP contribution in [0.15, 0.2) is 52.3 Å². The predicted molar refractivity (Wildman–Crippen MR) is 136 cm³/mol. The molecule has 2 aliphatic rings. The molecule has 0 saturated carbocycles. The number of nitrogens with zero attached hydrogens (tertiary/aromatic N) is 2. The largest absolute Gasteiger partial charge is 0.497 e. The second kappa shape index (κ2) is 12.0. The van der Waals surface area contributed by atoms with Gasteiger partial charge in [-0.15, -0.1) is 0 Å². The summed E-state index contributed by atoms with van der Waals surface area (Å²) in [4.78, 5) is 26.2. The van der Waals surface area contributed by atoms with E-state index in [1.165, 1.54) is 16.2 Å². The summed E-state index contributed by atoms with van der Waals surface area (Å²) < 4.78 is 10.9. The minimum atomic E-state index is -1.26. The summed E-state index contributed by atoms with van der Waals surface area (Å²) in [5, 5.41) is 16.3. The second-order valence-corrected chi connectivity index (χ2v) is 9.31. The SMILES string of the molecule is COc1ccc2c(c1)Sc1cc(OC)c(Cl)cc1C(N1CCN(C)CC1)=C2.O=C(O)/C=C\C(=O)O. The van der Waals surface area contributed by atoms with Gasteiger partial charge in [0.05, 0.1) is 19.2 Å². The predicted octanol–water partition coefficient (Wildman–Crippen LogP) is 4.28.